The summed E-state index contributed by atoms with van der Waals surface area (Å²) in [6.07, 6.45) is 8.53. The largest absolute Gasteiger partial charge is 0.0909 e. The predicted octanol–water partition coefficient (Wildman–Crippen LogP) is 3.11. The molecule has 0 aliphatic carbocycles. The van der Waals surface area contributed by atoms with E-state index in [-0.39, 0.29) is 0 Å². The van der Waals surface area contributed by atoms with Crippen molar-refractivity contribution in [1.29, 1.82) is 0 Å². The average molecular weight is 123 g/mol. The van der Waals surface area contributed by atoms with Gasteiger partial charge in [0.15, 0.2) is 0 Å². The van der Waals surface area contributed by atoms with Crippen molar-refractivity contribution in [3.05, 3.63) is 24.3 Å². The number of hydrogen-bond donors (Lipinski definition) is 0. The number of allylic oxidation sites excluding steroid dienone is 3. The van der Waals surface area contributed by atoms with Gasteiger partial charge in [0.2, 0.25) is 0 Å². The zero-order valence-electron chi connectivity index (χ0n) is 6.41. The Hall–Kier alpha value is -0.520. The molecule has 0 fully saturated rings. The third-order valence-corrected chi connectivity index (χ3v) is 1.29. The Morgan fingerprint density at radius 2 is 2.22 bits per heavy atom. The first-order valence-electron chi connectivity index (χ1n) is 3.57. The minimum atomic E-state index is 1.06. The SMILES string of the molecule is C=[C]/C(=C\CCC)CC. The van der Waals surface area contributed by atoms with Crippen molar-refractivity contribution in [1.82, 2.24) is 0 Å². The maximum absolute atomic E-state index is 3.59. The van der Waals surface area contributed by atoms with Crippen molar-refractivity contribution in [2.24, 2.45) is 0 Å². The zero-order chi connectivity index (χ0) is 7.11. The van der Waals surface area contributed by atoms with Crippen LogP contribution in [0.4, 0.5) is 0 Å². The summed E-state index contributed by atoms with van der Waals surface area (Å²) in [5.41, 5.74) is 1.25. The number of hydrogen-bond acceptors (Lipinski definition) is 0. The molecule has 0 aromatic rings. The standard InChI is InChI=1S/C9H15/c1-4-7-8-9(5-2)6-3/h8H,2,4,6-7H2,1,3H3/b9-8+. The molecule has 0 spiro atoms. The first kappa shape index (κ1) is 8.48. The van der Waals surface area contributed by atoms with Gasteiger partial charge in [-0.05, 0) is 24.5 Å². The lowest BCUT2D eigenvalue weighted by Gasteiger charge is -1.92. The van der Waals surface area contributed by atoms with E-state index in [4.69, 9.17) is 0 Å². The van der Waals surface area contributed by atoms with E-state index in [1.807, 2.05) is 0 Å². The van der Waals surface area contributed by atoms with E-state index < -0.39 is 0 Å². The van der Waals surface area contributed by atoms with Gasteiger partial charge in [-0.2, -0.15) is 0 Å². The highest BCUT2D eigenvalue weighted by atomic mass is 13.9. The number of rotatable bonds is 4. The Balaban J connectivity index is 3.61. The molecular weight excluding hydrogens is 108 g/mol. The Morgan fingerprint density at radius 1 is 1.56 bits per heavy atom. The lowest BCUT2D eigenvalue weighted by atomic mass is 10.1. The van der Waals surface area contributed by atoms with Crippen LogP contribution in [0.5, 0.6) is 0 Å². The van der Waals surface area contributed by atoms with E-state index >= 15 is 0 Å². The van der Waals surface area contributed by atoms with Gasteiger partial charge in [0, 0.05) is 0 Å². The summed E-state index contributed by atoms with van der Waals surface area (Å²) in [5, 5.41) is 0. The van der Waals surface area contributed by atoms with Crippen LogP contribution >= 0.6 is 0 Å². The van der Waals surface area contributed by atoms with Gasteiger partial charge >= 0.3 is 0 Å². The molecule has 0 unspecified atom stereocenters. The van der Waals surface area contributed by atoms with Crippen LogP contribution in [-0.4, -0.2) is 0 Å². The molecule has 0 saturated heterocycles. The van der Waals surface area contributed by atoms with Crippen LogP contribution in [0.1, 0.15) is 33.1 Å². The van der Waals surface area contributed by atoms with Crippen molar-refractivity contribution in [2.75, 3.05) is 0 Å². The third kappa shape index (κ3) is 4.01. The first-order valence-corrected chi connectivity index (χ1v) is 3.57. The molecule has 9 heavy (non-hydrogen) atoms. The average Bonchev–Trinajstić information content (AvgIpc) is 1.91. The van der Waals surface area contributed by atoms with Crippen LogP contribution in [0.25, 0.3) is 0 Å². The van der Waals surface area contributed by atoms with Crippen LogP contribution in [0.15, 0.2) is 18.2 Å². The topological polar surface area (TPSA) is 0 Å². The molecule has 0 saturated carbocycles. The zero-order valence-corrected chi connectivity index (χ0v) is 6.41. The molecule has 0 N–H and O–H groups in total. The molecule has 0 aromatic heterocycles. The second-order valence-corrected chi connectivity index (χ2v) is 2.05. The van der Waals surface area contributed by atoms with Crippen LogP contribution < -0.4 is 0 Å². The lowest BCUT2D eigenvalue weighted by molar-refractivity contribution is 0.940. The highest BCUT2D eigenvalue weighted by Gasteiger charge is 1.83. The van der Waals surface area contributed by atoms with E-state index in [9.17, 15) is 0 Å². The van der Waals surface area contributed by atoms with Crippen molar-refractivity contribution >= 4 is 0 Å². The van der Waals surface area contributed by atoms with Gasteiger partial charge in [-0.3, -0.25) is 0 Å². The van der Waals surface area contributed by atoms with Crippen molar-refractivity contribution < 1.29 is 0 Å². The molecule has 51 valence electrons. The highest BCUT2D eigenvalue weighted by Crippen LogP contribution is 2.02. The molecule has 0 aliphatic rings. The van der Waals surface area contributed by atoms with Gasteiger partial charge in [0.1, 0.15) is 0 Å². The summed E-state index contributed by atoms with van der Waals surface area (Å²) in [7, 11) is 0. The van der Waals surface area contributed by atoms with Crippen molar-refractivity contribution in [2.45, 2.75) is 33.1 Å². The summed E-state index contributed by atoms with van der Waals surface area (Å²) >= 11 is 0. The van der Waals surface area contributed by atoms with E-state index in [2.05, 4.69) is 32.6 Å². The normalized spacial score (nSPS) is 11.6. The first-order chi connectivity index (χ1) is 4.35. The lowest BCUT2D eigenvalue weighted by Crippen LogP contribution is -1.73. The van der Waals surface area contributed by atoms with Crippen LogP contribution in [0, 0.1) is 6.08 Å². The van der Waals surface area contributed by atoms with Crippen LogP contribution in [0.3, 0.4) is 0 Å². The van der Waals surface area contributed by atoms with Gasteiger partial charge in [0.05, 0.1) is 0 Å². The summed E-state index contributed by atoms with van der Waals surface area (Å²) in [6.45, 7) is 7.89. The Kier molecular flexibility index (Phi) is 5.29. The second kappa shape index (κ2) is 5.61. The minimum absolute atomic E-state index is 1.06. The molecule has 0 nitrogen and oxygen atoms in total. The monoisotopic (exact) mass is 123 g/mol. The Morgan fingerprint density at radius 3 is 2.56 bits per heavy atom. The summed E-state index contributed by atoms with van der Waals surface area (Å²) < 4.78 is 0. The van der Waals surface area contributed by atoms with Crippen LogP contribution in [-0.2, 0) is 0 Å². The minimum Gasteiger partial charge on any atom is -0.0909 e. The number of unbranched alkanes of at least 4 members (excludes halogenated alkanes) is 1. The smallest absolute Gasteiger partial charge is 0.0231 e. The quantitative estimate of drug-likeness (QED) is 0.504. The molecule has 0 rings (SSSR count). The molecule has 0 atom stereocenters. The highest BCUT2D eigenvalue weighted by molar-refractivity contribution is 5.09. The molecular formula is C9H15. The fraction of sp³-hybridized carbons (Fsp3) is 0.556. The fourth-order valence-electron chi connectivity index (χ4n) is 0.660. The molecule has 0 heteroatoms. The molecule has 0 amide bonds. The van der Waals surface area contributed by atoms with Gasteiger partial charge in [0.25, 0.3) is 0 Å². The molecule has 0 aromatic carbocycles. The van der Waals surface area contributed by atoms with E-state index in [1.54, 1.807) is 0 Å². The summed E-state index contributed by atoms with van der Waals surface area (Å²) in [5.74, 6) is 0. The van der Waals surface area contributed by atoms with Gasteiger partial charge in [-0.1, -0.05) is 32.9 Å². The Labute approximate surface area is 58.3 Å². The summed E-state index contributed by atoms with van der Waals surface area (Å²) in [4.78, 5) is 0. The maximum atomic E-state index is 3.59. The van der Waals surface area contributed by atoms with E-state index in [1.165, 1.54) is 12.0 Å². The predicted molar refractivity (Wildman–Crippen MR) is 42.2 cm³/mol. The maximum Gasteiger partial charge on any atom is -0.0231 e. The van der Waals surface area contributed by atoms with E-state index in [0.29, 0.717) is 0 Å². The van der Waals surface area contributed by atoms with Gasteiger partial charge in [-0.25, -0.2) is 0 Å². The molecule has 1 radical (unpaired) electrons. The molecule has 0 bridgehead atoms. The Bertz CT molecular complexity index is 98.6. The summed E-state index contributed by atoms with van der Waals surface area (Å²) in [6, 6.07) is 0. The van der Waals surface area contributed by atoms with Gasteiger partial charge < -0.3 is 0 Å². The molecule has 0 aliphatic heterocycles. The van der Waals surface area contributed by atoms with Crippen LogP contribution in [0.2, 0.25) is 0 Å². The van der Waals surface area contributed by atoms with Crippen molar-refractivity contribution in [3.8, 4) is 0 Å². The third-order valence-electron chi connectivity index (χ3n) is 1.29. The second-order valence-electron chi connectivity index (χ2n) is 2.05. The van der Waals surface area contributed by atoms with E-state index in [0.717, 1.165) is 12.8 Å². The molecule has 0 heterocycles. The van der Waals surface area contributed by atoms with Gasteiger partial charge in [-0.15, -0.1) is 0 Å². The fourth-order valence-corrected chi connectivity index (χ4v) is 0.660. The van der Waals surface area contributed by atoms with Crippen molar-refractivity contribution in [3.63, 3.8) is 0 Å².